The van der Waals surface area contributed by atoms with Gasteiger partial charge in [-0.1, -0.05) is 22.9 Å². The van der Waals surface area contributed by atoms with Crippen molar-refractivity contribution in [2.24, 2.45) is 7.05 Å². The third-order valence-corrected chi connectivity index (χ3v) is 6.89. The molecule has 0 spiro atoms. The van der Waals surface area contributed by atoms with Gasteiger partial charge >= 0.3 is 5.97 Å². The Bertz CT molecular complexity index is 1510. The Morgan fingerprint density at radius 1 is 1.17 bits per heavy atom. The molecule has 0 radical (unpaired) electrons. The van der Waals surface area contributed by atoms with Crippen molar-refractivity contribution in [3.05, 3.63) is 51.8 Å². The highest BCUT2D eigenvalue weighted by molar-refractivity contribution is 7.19. The van der Waals surface area contributed by atoms with Crippen LogP contribution in [0.15, 0.2) is 35.5 Å². The van der Waals surface area contributed by atoms with E-state index in [-0.39, 0.29) is 22.0 Å². The average molecular weight is 529 g/mol. The van der Waals surface area contributed by atoms with Crippen molar-refractivity contribution in [2.45, 2.75) is 18.9 Å². The highest BCUT2D eigenvalue weighted by atomic mass is 35.5. The number of fused-ring (bicyclic) bond motifs is 1. The van der Waals surface area contributed by atoms with E-state index in [2.05, 4.69) is 19.9 Å². The van der Waals surface area contributed by atoms with Gasteiger partial charge in [-0.2, -0.15) is 9.97 Å². The number of methoxy groups -OCH3 is 1. The molecule has 4 aromatic rings. The highest BCUT2D eigenvalue weighted by Crippen LogP contribution is 2.34. The fourth-order valence-electron chi connectivity index (χ4n) is 3.91. The van der Waals surface area contributed by atoms with Crippen molar-refractivity contribution in [3.8, 4) is 22.1 Å². The van der Waals surface area contributed by atoms with E-state index in [1.807, 2.05) is 4.90 Å². The maximum Gasteiger partial charge on any atom is 0.346 e. The molecular weight excluding hydrogens is 508 g/mol. The summed E-state index contributed by atoms with van der Waals surface area (Å²) in [5, 5.41) is 10.0. The van der Waals surface area contributed by atoms with Crippen LogP contribution in [0.25, 0.3) is 21.5 Å². The van der Waals surface area contributed by atoms with Crippen LogP contribution in [0.4, 0.5) is 5.95 Å². The lowest BCUT2D eigenvalue weighted by Crippen LogP contribution is -2.36. The van der Waals surface area contributed by atoms with E-state index >= 15 is 0 Å². The minimum absolute atomic E-state index is 0.0246. The largest absolute Gasteiger partial charge is 0.494 e. The third-order valence-electron chi connectivity index (χ3n) is 5.84. The number of aromatic nitrogens is 5. The predicted molar refractivity (Wildman–Crippen MR) is 134 cm³/mol. The number of ether oxygens (including phenoxy) is 2. The molecule has 1 saturated heterocycles. The molecule has 36 heavy (non-hydrogen) atoms. The zero-order valence-corrected chi connectivity index (χ0v) is 20.9. The average Bonchev–Trinajstić information content (AvgIpc) is 3.27. The lowest BCUT2D eigenvalue weighted by atomic mass is 10.0. The lowest BCUT2D eigenvalue weighted by Gasteiger charge is -2.29. The van der Waals surface area contributed by atoms with Gasteiger partial charge in [-0.05, 0) is 18.9 Å². The Labute approximate surface area is 213 Å². The van der Waals surface area contributed by atoms with Crippen molar-refractivity contribution < 1.29 is 19.4 Å². The van der Waals surface area contributed by atoms with Gasteiger partial charge in [0, 0.05) is 43.5 Å². The topological polar surface area (TPSA) is 133 Å². The Morgan fingerprint density at radius 2 is 1.94 bits per heavy atom. The number of esters is 1. The van der Waals surface area contributed by atoms with Crippen molar-refractivity contribution in [1.82, 2.24) is 24.5 Å². The first-order chi connectivity index (χ1) is 17.3. The number of piperidine rings is 1. The standard InChI is InChI=1S/C23H21ClN6O5S/c1-29-11-15(13-7-18(24)25-10-17(13)34-2)14(8-19(29)32)21(33)35-23-27-16-9-26-22(28-20(16)36-23)30-5-3-12(31)4-6-30/h7-12,31H,3-6H2,1-2H3. The number of aliphatic hydroxyl groups excluding tert-OH is 1. The number of nitrogens with zero attached hydrogens (tertiary/aromatic N) is 6. The fraction of sp³-hybridized carbons (Fsp3) is 0.304. The number of aryl methyl sites for hydroxylation is 1. The van der Waals surface area contributed by atoms with E-state index in [0.717, 1.165) is 11.3 Å². The van der Waals surface area contributed by atoms with Crippen LogP contribution in [0.1, 0.15) is 23.2 Å². The molecule has 0 saturated carbocycles. The van der Waals surface area contributed by atoms with Gasteiger partial charge < -0.3 is 24.0 Å². The van der Waals surface area contributed by atoms with E-state index in [9.17, 15) is 14.7 Å². The van der Waals surface area contributed by atoms with Gasteiger partial charge in [0.1, 0.15) is 16.4 Å². The number of halogens is 1. The summed E-state index contributed by atoms with van der Waals surface area (Å²) in [7, 11) is 3.04. The summed E-state index contributed by atoms with van der Waals surface area (Å²) < 4.78 is 12.3. The predicted octanol–water partition coefficient (Wildman–Crippen LogP) is 2.69. The molecular formula is C23H21ClN6O5S. The first kappa shape index (κ1) is 24.1. The summed E-state index contributed by atoms with van der Waals surface area (Å²) >= 11 is 7.19. The van der Waals surface area contributed by atoms with Crippen molar-refractivity contribution in [3.63, 3.8) is 0 Å². The molecule has 4 aromatic heterocycles. The Hall–Kier alpha value is -3.61. The number of hydrogen-bond acceptors (Lipinski definition) is 11. The van der Waals surface area contributed by atoms with Crippen LogP contribution in [0, 0.1) is 0 Å². The number of aliphatic hydroxyl groups is 1. The van der Waals surface area contributed by atoms with Crippen molar-refractivity contribution in [1.29, 1.82) is 0 Å². The molecule has 0 aliphatic carbocycles. The van der Waals surface area contributed by atoms with Crippen LogP contribution in [0.5, 0.6) is 10.9 Å². The zero-order valence-electron chi connectivity index (χ0n) is 19.3. The van der Waals surface area contributed by atoms with Gasteiger partial charge in [0.15, 0.2) is 4.83 Å². The number of carbonyl (C=O) groups excluding carboxylic acids is 1. The van der Waals surface area contributed by atoms with Crippen molar-refractivity contribution >= 4 is 45.2 Å². The van der Waals surface area contributed by atoms with E-state index in [4.69, 9.17) is 21.1 Å². The number of hydrogen-bond donors (Lipinski definition) is 1. The second-order valence-corrected chi connectivity index (χ2v) is 9.53. The van der Waals surface area contributed by atoms with Gasteiger partial charge in [0.2, 0.25) is 5.95 Å². The zero-order chi connectivity index (χ0) is 25.4. The fourth-order valence-corrected chi connectivity index (χ4v) is 4.82. The molecule has 11 nitrogen and oxygen atoms in total. The molecule has 0 amide bonds. The summed E-state index contributed by atoms with van der Waals surface area (Å²) in [5.74, 6) is 0.140. The smallest absolute Gasteiger partial charge is 0.346 e. The van der Waals surface area contributed by atoms with Crippen LogP contribution in [0.3, 0.4) is 0 Å². The van der Waals surface area contributed by atoms with Crippen LogP contribution in [-0.4, -0.2) is 61.9 Å². The van der Waals surface area contributed by atoms with Gasteiger partial charge in [-0.25, -0.2) is 14.8 Å². The molecule has 186 valence electrons. The lowest BCUT2D eigenvalue weighted by molar-refractivity contribution is 0.0735. The summed E-state index contributed by atoms with van der Waals surface area (Å²) in [6.45, 7) is 1.31. The van der Waals surface area contributed by atoms with E-state index < -0.39 is 11.5 Å². The minimum atomic E-state index is -0.769. The first-order valence-electron chi connectivity index (χ1n) is 11.0. The molecule has 1 aliphatic heterocycles. The Kier molecular flexibility index (Phi) is 6.56. The molecule has 5 rings (SSSR count). The summed E-state index contributed by atoms with van der Waals surface area (Å²) in [6, 6.07) is 2.74. The van der Waals surface area contributed by atoms with E-state index in [1.165, 1.54) is 30.1 Å². The highest BCUT2D eigenvalue weighted by Gasteiger charge is 2.23. The van der Waals surface area contributed by atoms with E-state index in [0.29, 0.717) is 59.1 Å². The molecule has 0 unspecified atom stereocenters. The molecule has 5 heterocycles. The van der Waals surface area contributed by atoms with Gasteiger partial charge in [0.25, 0.3) is 10.8 Å². The Morgan fingerprint density at radius 3 is 2.69 bits per heavy atom. The van der Waals surface area contributed by atoms with Gasteiger partial charge in [-0.15, -0.1) is 0 Å². The molecule has 0 atom stereocenters. The molecule has 1 aliphatic rings. The normalized spacial score (nSPS) is 14.3. The van der Waals surface area contributed by atoms with Crippen molar-refractivity contribution in [2.75, 3.05) is 25.1 Å². The van der Waals surface area contributed by atoms with Crippen LogP contribution >= 0.6 is 22.9 Å². The Balaban J connectivity index is 1.46. The minimum Gasteiger partial charge on any atom is -0.494 e. The number of rotatable bonds is 5. The maximum absolute atomic E-state index is 13.2. The van der Waals surface area contributed by atoms with Crippen LogP contribution < -0.4 is 19.9 Å². The van der Waals surface area contributed by atoms with Gasteiger partial charge in [0.05, 0.1) is 31.2 Å². The monoisotopic (exact) mass is 528 g/mol. The summed E-state index contributed by atoms with van der Waals surface area (Å²) in [4.78, 5) is 45.4. The number of thiazole rings is 1. The number of carbonyl (C=O) groups is 1. The molecule has 0 aromatic carbocycles. The SMILES string of the molecule is COc1cnc(Cl)cc1-c1cn(C)c(=O)cc1C(=O)Oc1nc2cnc(N3CCC(O)CC3)nc2s1. The van der Waals surface area contributed by atoms with Gasteiger partial charge in [-0.3, -0.25) is 4.79 Å². The van der Waals surface area contributed by atoms with E-state index in [1.54, 1.807) is 19.3 Å². The molecule has 1 fully saturated rings. The molecule has 0 bridgehead atoms. The van der Waals surface area contributed by atoms with Crippen LogP contribution in [-0.2, 0) is 7.05 Å². The number of anilines is 1. The quantitative estimate of drug-likeness (QED) is 0.304. The van der Waals surface area contributed by atoms with Crippen LogP contribution in [0.2, 0.25) is 5.15 Å². The second-order valence-electron chi connectivity index (χ2n) is 8.21. The summed E-state index contributed by atoms with van der Waals surface area (Å²) in [6.07, 6.45) is 5.52. The number of pyridine rings is 2. The molecule has 13 heteroatoms. The summed E-state index contributed by atoms with van der Waals surface area (Å²) in [5.41, 5.74) is 0.980. The maximum atomic E-state index is 13.2. The third kappa shape index (κ3) is 4.74. The first-order valence-corrected chi connectivity index (χ1v) is 12.2. The molecule has 1 N–H and O–H groups in total. The second kappa shape index (κ2) is 9.80.